The van der Waals surface area contributed by atoms with Gasteiger partial charge in [0.25, 0.3) is 0 Å². The Morgan fingerprint density at radius 1 is 1.12 bits per heavy atom. The molecule has 0 spiro atoms. The molecule has 0 saturated heterocycles. The molecule has 6 nitrogen and oxygen atoms in total. The highest BCUT2D eigenvalue weighted by Crippen LogP contribution is 2.44. The molecule has 1 aliphatic rings. The van der Waals surface area contributed by atoms with Crippen molar-refractivity contribution in [1.82, 2.24) is 15.0 Å². The molecular formula is C24H30F3N5OS. The first-order valence-corrected chi connectivity index (χ1v) is 12.6. The molecule has 0 unspecified atom stereocenters. The van der Waals surface area contributed by atoms with Gasteiger partial charge in [-0.2, -0.15) is 18.2 Å². The van der Waals surface area contributed by atoms with Crippen molar-refractivity contribution < 1.29 is 18.3 Å². The molecule has 3 atom stereocenters. The van der Waals surface area contributed by atoms with Crippen molar-refractivity contribution in [3.8, 4) is 10.6 Å². The van der Waals surface area contributed by atoms with E-state index in [2.05, 4.69) is 32.5 Å². The Morgan fingerprint density at radius 3 is 2.59 bits per heavy atom. The molecule has 2 aromatic heterocycles. The molecular weight excluding hydrogens is 463 g/mol. The van der Waals surface area contributed by atoms with E-state index < -0.39 is 11.9 Å². The van der Waals surface area contributed by atoms with Gasteiger partial charge in [0.05, 0.1) is 15.8 Å². The average Bonchev–Trinajstić information content (AvgIpc) is 3.39. The summed E-state index contributed by atoms with van der Waals surface area (Å²) >= 11 is 1.20. The summed E-state index contributed by atoms with van der Waals surface area (Å²) in [7, 11) is 0. The lowest BCUT2D eigenvalue weighted by Crippen LogP contribution is -2.25. The fourth-order valence-electron chi connectivity index (χ4n) is 4.51. The monoisotopic (exact) mass is 493 g/mol. The number of hydrogen-bond acceptors (Lipinski definition) is 7. The number of thiazole rings is 1. The predicted octanol–water partition coefficient (Wildman–Crippen LogP) is 6.19. The van der Waals surface area contributed by atoms with Crippen LogP contribution >= 0.6 is 11.3 Å². The number of anilines is 2. The van der Waals surface area contributed by atoms with Crippen LogP contribution in [0.2, 0.25) is 0 Å². The molecule has 3 aromatic rings. The topological polar surface area (TPSA) is 83.0 Å². The minimum Gasteiger partial charge on any atom is -0.396 e. The number of rotatable bonds is 9. The van der Waals surface area contributed by atoms with Crippen LogP contribution in [-0.4, -0.2) is 39.3 Å². The number of alkyl halides is 3. The van der Waals surface area contributed by atoms with Crippen LogP contribution in [0, 0.1) is 11.8 Å². The van der Waals surface area contributed by atoms with E-state index in [0.29, 0.717) is 18.5 Å². The summed E-state index contributed by atoms with van der Waals surface area (Å²) in [6, 6.07) is 7.17. The number of benzene rings is 1. The molecule has 0 aliphatic heterocycles. The summed E-state index contributed by atoms with van der Waals surface area (Å²) < 4.78 is 43.7. The molecule has 184 valence electrons. The molecule has 3 N–H and O–H groups in total. The number of unbranched alkanes of at least 4 members (excludes halogenated alkanes) is 2. The Balaban J connectivity index is 1.80. The third-order valence-electron chi connectivity index (χ3n) is 6.31. The second-order valence-electron chi connectivity index (χ2n) is 8.99. The first-order valence-electron chi connectivity index (χ1n) is 11.8. The van der Waals surface area contributed by atoms with Gasteiger partial charge in [-0.1, -0.05) is 38.8 Å². The molecule has 34 heavy (non-hydrogen) atoms. The summed E-state index contributed by atoms with van der Waals surface area (Å²) in [5, 5.41) is 16.1. The number of halogens is 3. The van der Waals surface area contributed by atoms with Crippen molar-refractivity contribution in [1.29, 1.82) is 0 Å². The van der Waals surface area contributed by atoms with E-state index in [-0.39, 0.29) is 46.8 Å². The van der Waals surface area contributed by atoms with E-state index in [9.17, 15) is 18.3 Å². The third-order valence-corrected chi connectivity index (χ3v) is 7.36. The molecule has 4 rings (SSSR count). The SMILES string of the molecule is CCCCCNc1nc(N[C@@H]2C[C@H](CO)C[C@H]2C)c(-c2nc3ccccc3s2)c(C(F)(F)F)n1. The highest BCUT2D eigenvalue weighted by Gasteiger charge is 2.40. The summed E-state index contributed by atoms with van der Waals surface area (Å²) in [4.78, 5) is 12.9. The number of para-hydroxylation sites is 1. The first-order chi connectivity index (χ1) is 16.3. The van der Waals surface area contributed by atoms with Crippen LogP contribution in [0.15, 0.2) is 24.3 Å². The average molecular weight is 494 g/mol. The Labute approximate surface area is 201 Å². The van der Waals surface area contributed by atoms with E-state index in [1.165, 1.54) is 11.3 Å². The van der Waals surface area contributed by atoms with Gasteiger partial charge in [-0.05, 0) is 43.2 Å². The van der Waals surface area contributed by atoms with Crippen molar-refractivity contribution in [2.75, 3.05) is 23.8 Å². The lowest BCUT2D eigenvalue weighted by atomic mass is 10.1. The van der Waals surface area contributed by atoms with Gasteiger partial charge in [-0.25, -0.2) is 9.97 Å². The molecule has 0 amide bonds. The molecule has 1 aromatic carbocycles. The zero-order chi connectivity index (χ0) is 24.3. The summed E-state index contributed by atoms with van der Waals surface area (Å²) in [6.07, 6.45) is -0.407. The van der Waals surface area contributed by atoms with Crippen LogP contribution in [0.3, 0.4) is 0 Å². The lowest BCUT2D eigenvalue weighted by molar-refractivity contribution is -0.140. The van der Waals surface area contributed by atoms with Crippen molar-refractivity contribution >= 4 is 33.3 Å². The minimum absolute atomic E-state index is 0.0415. The van der Waals surface area contributed by atoms with Crippen LogP contribution in [0.1, 0.15) is 51.6 Å². The van der Waals surface area contributed by atoms with Crippen molar-refractivity contribution in [2.24, 2.45) is 11.8 Å². The Kier molecular flexibility index (Phi) is 7.57. The van der Waals surface area contributed by atoms with E-state index in [4.69, 9.17) is 0 Å². The predicted molar refractivity (Wildman–Crippen MR) is 130 cm³/mol. The quantitative estimate of drug-likeness (QED) is 0.308. The maximum atomic E-state index is 14.3. The zero-order valence-electron chi connectivity index (χ0n) is 19.3. The Morgan fingerprint density at radius 2 is 1.91 bits per heavy atom. The van der Waals surface area contributed by atoms with Gasteiger partial charge in [0.15, 0.2) is 5.69 Å². The third kappa shape index (κ3) is 5.43. The number of fused-ring (bicyclic) bond motifs is 1. The summed E-state index contributed by atoms with van der Waals surface area (Å²) in [5.74, 6) is 0.398. The van der Waals surface area contributed by atoms with Gasteiger partial charge in [-0.3, -0.25) is 0 Å². The van der Waals surface area contributed by atoms with Crippen LogP contribution in [0.25, 0.3) is 20.8 Å². The molecule has 1 fully saturated rings. The highest BCUT2D eigenvalue weighted by molar-refractivity contribution is 7.21. The molecule has 0 bridgehead atoms. The largest absolute Gasteiger partial charge is 0.434 e. The van der Waals surface area contributed by atoms with E-state index in [1.807, 2.05) is 25.1 Å². The number of aliphatic hydroxyl groups is 1. The van der Waals surface area contributed by atoms with Crippen molar-refractivity contribution in [3.05, 3.63) is 30.0 Å². The molecule has 10 heteroatoms. The van der Waals surface area contributed by atoms with Gasteiger partial charge in [-0.15, -0.1) is 11.3 Å². The second kappa shape index (κ2) is 10.4. The van der Waals surface area contributed by atoms with Gasteiger partial charge in [0.2, 0.25) is 5.95 Å². The summed E-state index contributed by atoms with van der Waals surface area (Å²) in [5.41, 5.74) is -0.475. The molecule has 2 heterocycles. The number of aromatic nitrogens is 3. The van der Waals surface area contributed by atoms with Gasteiger partial charge < -0.3 is 15.7 Å². The zero-order valence-corrected chi connectivity index (χ0v) is 20.1. The van der Waals surface area contributed by atoms with E-state index in [0.717, 1.165) is 30.4 Å². The number of nitrogens with zero attached hydrogens (tertiary/aromatic N) is 3. The second-order valence-corrected chi connectivity index (χ2v) is 10.0. The van der Waals surface area contributed by atoms with Crippen molar-refractivity contribution in [3.63, 3.8) is 0 Å². The number of aliphatic hydroxyl groups excluding tert-OH is 1. The first kappa shape index (κ1) is 24.7. The van der Waals surface area contributed by atoms with E-state index >= 15 is 0 Å². The summed E-state index contributed by atoms with van der Waals surface area (Å²) in [6.45, 7) is 4.67. The minimum atomic E-state index is -4.68. The lowest BCUT2D eigenvalue weighted by Gasteiger charge is -2.22. The van der Waals surface area contributed by atoms with Crippen molar-refractivity contribution in [2.45, 2.75) is 58.2 Å². The molecule has 1 saturated carbocycles. The normalized spacial score (nSPS) is 20.7. The standard InChI is InChI=1S/C24H30F3N5OS/c1-3-4-7-10-28-23-31-20(24(25,26)27)19(22-30-16-8-5-6-9-18(16)34-22)21(32-23)29-17-12-15(13-33)11-14(17)2/h5-6,8-9,14-15,17,33H,3-4,7,10-13H2,1-2H3,(H2,28,29,31,32)/t14-,15-,17-/m1/s1. The van der Waals surface area contributed by atoms with Gasteiger partial charge in [0, 0.05) is 19.2 Å². The number of nitrogens with one attached hydrogen (secondary N) is 2. The maximum Gasteiger partial charge on any atom is 0.434 e. The van der Waals surface area contributed by atoms with Crippen LogP contribution in [0.4, 0.5) is 24.9 Å². The Hall–Kier alpha value is -2.46. The molecule has 0 radical (unpaired) electrons. The van der Waals surface area contributed by atoms with E-state index in [1.54, 1.807) is 6.07 Å². The van der Waals surface area contributed by atoms with Gasteiger partial charge >= 0.3 is 6.18 Å². The van der Waals surface area contributed by atoms with Crippen LogP contribution < -0.4 is 10.6 Å². The van der Waals surface area contributed by atoms with Crippen LogP contribution in [0.5, 0.6) is 0 Å². The van der Waals surface area contributed by atoms with Gasteiger partial charge in [0.1, 0.15) is 10.8 Å². The smallest absolute Gasteiger partial charge is 0.396 e. The fourth-order valence-corrected chi connectivity index (χ4v) is 5.52. The Bertz CT molecular complexity index is 1090. The highest BCUT2D eigenvalue weighted by atomic mass is 32.1. The maximum absolute atomic E-state index is 14.3. The fraction of sp³-hybridized carbons (Fsp3) is 0.542. The molecule has 1 aliphatic carbocycles. The van der Waals surface area contributed by atoms with Crippen LogP contribution in [-0.2, 0) is 6.18 Å². The number of hydrogen-bond donors (Lipinski definition) is 3.